The fourth-order valence-corrected chi connectivity index (χ4v) is 4.43. The average molecular weight is 421 g/mol. The minimum Gasteiger partial charge on any atom is -0.271 e. The van der Waals surface area contributed by atoms with E-state index in [9.17, 15) is 0 Å². The molecular formula is C25H29ClN4. The second-order valence-electron chi connectivity index (χ2n) is 8.45. The Hall–Kier alpha value is -2.27. The Labute approximate surface area is 183 Å². The zero-order valence-corrected chi connectivity index (χ0v) is 18.4. The van der Waals surface area contributed by atoms with Crippen LogP contribution < -0.4 is 11.3 Å². The van der Waals surface area contributed by atoms with Crippen LogP contribution in [0.2, 0.25) is 5.02 Å². The highest BCUT2D eigenvalue weighted by Gasteiger charge is 2.28. The summed E-state index contributed by atoms with van der Waals surface area (Å²) >= 11 is 6.00. The third kappa shape index (κ3) is 4.56. The van der Waals surface area contributed by atoms with Crippen molar-refractivity contribution in [2.75, 3.05) is 0 Å². The van der Waals surface area contributed by atoms with E-state index in [4.69, 9.17) is 27.4 Å². The molecule has 1 saturated carbocycles. The molecule has 0 unspecified atom stereocenters. The van der Waals surface area contributed by atoms with E-state index in [-0.39, 0.29) is 6.04 Å². The topological polar surface area (TPSA) is 63.8 Å². The summed E-state index contributed by atoms with van der Waals surface area (Å²) in [5.41, 5.74) is 7.52. The second kappa shape index (κ2) is 9.25. The molecule has 5 heteroatoms. The molecule has 0 bridgehead atoms. The predicted octanol–water partition coefficient (Wildman–Crippen LogP) is 6.07. The monoisotopic (exact) mass is 420 g/mol. The molecule has 1 aliphatic rings. The highest BCUT2D eigenvalue weighted by atomic mass is 35.5. The Bertz CT molecular complexity index is 1040. The van der Waals surface area contributed by atoms with E-state index >= 15 is 0 Å². The van der Waals surface area contributed by atoms with Gasteiger partial charge in [-0.1, -0.05) is 62.6 Å². The number of hydrazine groups is 1. The zero-order valence-electron chi connectivity index (χ0n) is 17.6. The van der Waals surface area contributed by atoms with E-state index in [0.717, 1.165) is 45.8 Å². The minimum atomic E-state index is 0.243. The minimum absolute atomic E-state index is 0.243. The van der Waals surface area contributed by atoms with Gasteiger partial charge in [0.05, 0.1) is 11.2 Å². The highest BCUT2D eigenvalue weighted by Crippen LogP contribution is 2.36. The number of nitrogens with one attached hydrogen (secondary N) is 1. The molecule has 3 aromatic rings. The molecule has 30 heavy (non-hydrogen) atoms. The second-order valence-corrected chi connectivity index (χ2v) is 8.88. The lowest BCUT2D eigenvalue weighted by Crippen LogP contribution is -2.41. The first kappa shape index (κ1) is 21.0. The molecule has 1 fully saturated rings. The number of aromatic nitrogens is 2. The molecule has 2 atom stereocenters. The van der Waals surface area contributed by atoms with Gasteiger partial charge in [0, 0.05) is 22.4 Å². The van der Waals surface area contributed by atoms with E-state index in [1.54, 1.807) is 0 Å². The first-order valence-corrected chi connectivity index (χ1v) is 11.1. The van der Waals surface area contributed by atoms with Gasteiger partial charge in [-0.25, -0.2) is 9.97 Å². The Morgan fingerprint density at radius 1 is 1.03 bits per heavy atom. The molecule has 1 aromatic heterocycles. The summed E-state index contributed by atoms with van der Waals surface area (Å²) in [4.78, 5) is 9.88. The summed E-state index contributed by atoms with van der Waals surface area (Å²) in [6.45, 7) is 4.44. The maximum atomic E-state index is 6.00. The van der Waals surface area contributed by atoms with Crippen molar-refractivity contribution in [3.8, 4) is 0 Å². The summed E-state index contributed by atoms with van der Waals surface area (Å²) < 4.78 is 0. The largest absolute Gasteiger partial charge is 0.271 e. The van der Waals surface area contributed by atoms with Gasteiger partial charge in [0.15, 0.2) is 5.82 Å². The van der Waals surface area contributed by atoms with Gasteiger partial charge < -0.3 is 0 Å². The van der Waals surface area contributed by atoms with Crippen LogP contribution in [0.4, 0.5) is 0 Å². The van der Waals surface area contributed by atoms with Crippen LogP contribution >= 0.6 is 11.6 Å². The van der Waals surface area contributed by atoms with Crippen molar-refractivity contribution in [2.24, 2.45) is 5.84 Å². The maximum Gasteiger partial charge on any atom is 0.152 e. The number of nitrogens with two attached hydrogens (primary N) is 1. The molecule has 156 valence electrons. The third-order valence-electron chi connectivity index (χ3n) is 6.06. The van der Waals surface area contributed by atoms with Gasteiger partial charge in [-0.05, 0) is 60.2 Å². The van der Waals surface area contributed by atoms with Crippen molar-refractivity contribution in [3.05, 3.63) is 70.1 Å². The molecule has 4 nitrogen and oxygen atoms in total. The van der Waals surface area contributed by atoms with E-state index < -0.39 is 0 Å². The lowest BCUT2D eigenvalue weighted by Gasteiger charge is -2.31. The van der Waals surface area contributed by atoms with Gasteiger partial charge in [-0.2, -0.15) is 0 Å². The molecule has 0 saturated heterocycles. The number of hydrogen-bond donors (Lipinski definition) is 2. The smallest absolute Gasteiger partial charge is 0.152 e. The summed E-state index contributed by atoms with van der Waals surface area (Å²) in [6, 6.07) is 14.6. The number of benzene rings is 2. The van der Waals surface area contributed by atoms with E-state index in [1.165, 1.54) is 18.4 Å². The molecule has 0 amide bonds. The predicted molar refractivity (Wildman–Crippen MR) is 126 cm³/mol. The first-order chi connectivity index (χ1) is 14.5. The van der Waals surface area contributed by atoms with Crippen LogP contribution in [0.15, 0.2) is 42.5 Å². The fraction of sp³-hybridized carbons (Fsp3) is 0.360. The Morgan fingerprint density at radius 3 is 2.53 bits per heavy atom. The molecule has 1 heterocycles. The van der Waals surface area contributed by atoms with Crippen LogP contribution in [0, 0.1) is 0 Å². The molecule has 4 rings (SSSR count). The molecule has 0 aliphatic heterocycles. The Balaban J connectivity index is 1.80. The highest BCUT2D eigenvalue weighted by molar-refractivity contribution is 6.30. The van der Waals surface area contributed by atoms with Crippen molar-refractivity contribution in [1.29, 1.82) is 0 Å². The van der Waals surface area contributed by atoms with E-state index in [2.05, 4.69) is 37.5 Å². The summed E-state index contributed by atoms with van der Waals surface area (Å²) in [5.74, 6) is 7.40. The third-order valence-corrected chi connectivity index (χ3v) is 6.31. The SMILES string of the molecule is CC(C)c1ccc2nc(C=Cc3ccc(Cl)cc3)nc([C@H]3CCCC[C@H]3NN)c2c1. The summed E-state index contributed by atoms with van der Waals surface area (Å²) in [7, 11) is 0. The van der Waals surface area contributed by atoms with Crippen LogP contribution in [0.25, 0.3) is 23.1 Å². The molecule has 3 N–H and O–H groups in total. The van der Waals surface area contributed by atoms with Crippen LogP contribution in [-0.2, 0) is 0 Å². The number of halogens is 1. The van der Waals surface area contributed by atoms with Crippen LogP contribution in [0.1, 0.15) is 74.0 Å². The van der Waals surface area contributed by atoms with Crippen molar-refractivity contribution < 1.29 is 0 Å². The fourth-order valence-electron chi connectivity index (χ4n) is 4.31. The Morgan fingerprint density at radius 2 is 1.80 bits per heavy atom. The van der Waals surface area contributed by atoms with Crippen LogP contribution in [0.3, 0.4) is 0 Å². The van der Waals surface area contributed by atoms with Gasteiger partial charge in [0.2, 0.25) is 0 Å². The van der Waals surface area contributed by atoms with E-state index in [1.807, 2.05) is 36.4 Å². The molecule has 2 aromatic carbocycles. The molecule has 0 radical (unpaired) electrons. The Kier molecular flexibility index (Phi) is 6.47. The lowest BCUT2D eigenvalue weighted by molar-refractivity contribution is 0.328. The van der Waals surface area contributed by atoms with Gasteiger partial charge in [-0.3, -0.25) is 11.3 Å². The zero-order chi connectivity index (χ0) is 21.1. The van der Waals surface area contributed by atoms with Crippen molar-refractivity contribution >= 4 is 34.7 Å². The van der Waals surface area contributed by atoms with Gasteiger partial charge in [0.25, 0.3) is 0 Å². The number of hydrogen-bond acceptors (Lipinski definition) is 4. The number of rotatable bonds is 5. The van der Waals surface area contributed by atoms with Crippen molar-refractivity contribution in [1.82, 2.24) is 15.4 Å². The van der Waals surface area contributed by atoms with E-state index in [0.29, 0.717) is 11.8 Å². The van der Waals surface area contributed by atoms with Crippen molar-refractivity contribution in [2.45, 2.75) is 57.4 Å². The van der Waals surface area contributed by atoms with Gasteiger partial charge >= 0.3 is 0 Å². The van der Waals surface area contributed by atoms with Gasteiger partial charge in [-0.15, -0.1) is 0 Å². The van der Waals surface area contributed by atoms with Crippen molar-refractivity contribution in [3.63, 3.8) is 0 Å². The molecule has 1 aliphatic carbocycles. The standard InChI is InChI=1S/C25H29ClN4/c1-16(2)18-10-13-22-21(15-18)25(20-5-3-4-6-23(20)30-27)29-24(28-22)14-9-17-7-11-19(26)12-8-17/h7-16,20,23,30H,3-6,27H2,1-2H3/t20-,23+/m0/s1. The summed E-state index contributed by atoms with van der Waals surface area (Å²) in [6.07, 6.45) is 8.59. The van der Waals surface area contributed by atoms with Crippen LogP contribution in [-0.4, -0.2) is 16.0 Å². The van der Waals surface area contributed by atoms with Crippen LogP contribution in [0.5, 0.6) is 0 Å². The maximum absolute atomic E-state index is 6.00. The summed E-state index contributed by atoms with van der Waals surface area (Å²) in [5, 5.41) is 1.88. The normalized spacial score (nSPS) is 19.8. The molecular weight excluding hydrogens is 392 g/mol. The number of fused-ring (bicyclic) bond motifs is 1. The average Bonchev–Trinajstić information content (AvgIpc) is 2.77. The quantitative estimate of drug-likeness (QED) is 0.388. The lowest BCUT2D eigenvalue weighted by atomic mass is 9.81. The van der Waals surface area contributed by atoms with Gasteiger partial charge in [0.1, 0.15) is 0 Å². The number of nitrogens with zero attached hydrogens (tertiary/aromatic N) is 2. The molecule has 0 spiro atoms. The first-order valence-electron chi connectivity index (χ1n) is 10.8.